The van der Waals surface area contributed by atoms with Gasteiger partial charge in [-0.25, -0.2) is 4.90 Å². The van der Waals surface area contributed by atoms with Crippen molar-refractivity contribution in [1.29, 1.82) is 0 Å². The summed E-state index contributed by atoms with van der Waals surface area (Å²) in [5, 5.41) is 3.75. The van der Waals surface area contributed by atoms with Gasteiger partial charge in [0.2, 0.25) is 0 Å². The second-order valence-electron chi connectivity index (χ2n) is 7.92. The third-order valence-electron chi connectivity index (χ3n) is 5.61. The van der Waals surface area contributed by atoms with Gasteiger partial charge in [-0.15, -0.1) is 0 Å². The van der Waals surface area contributed by atoms with Crippen LogP contribution in [0.5, 0.6) is 0 Å². The number of aryl methyl sites for hydroxylation is 4. The summed E-state index contributed by atoms with van der Waals surface area (Å²) in [5.41, 5.74) is 6.66. The van der Waals surface area contributed by atoms with Crippen molar-refractivity contribution < 1.29 is 9.59 Å². The van der Waals surface area contributed by atoms with E-state index in [0.717, 1.165) is 22.3 Å². The van der Waals surface area contributed by atoms with E-state index in [4.69, 9.17) is 11.6 Å². The molecule has 0 saturated carbocycles. The molecule has 2 amide bonds. The maximum atomic E-state index is 13.5. The van der Waals surface area contributed by atoms with Crippen molar-refractivity contribution in [1.82, 2.24) is 0 Å². The number of imide groups is 1. The van der Waals surface area contributed by atoms with Crippen LogP contribution in [0.15, 0.2) is 66.4 Å². The van der Waals surface area contributed by atoms with Crippen LogP contribution >= 0.6 is 11.6 Å². The van der Waals surface area contributed by atoms with E-state index < -0.39 is 5.91 Å². The Balaban J connectivity index is 1.84. The van der Waals surface area contributed by atoms with Gasteiger partial charge in [0.25, 0.3) is 11.8 Å². The van der Waals surface area contributed by atoms with Gasteiger partial charge in [-0.05, 0) is 74.2 Å². The summed E-state index contributed by atoms with van der Waals surface area (Å²) < 4.78 is 0. The molecule has 0 unspecified atom stereocenters. The average molecular weight is 431 g/mol. The van der Waals surface area contributed by atoms with Gasteiger partial charge in [0.15, 0.2) is 0 Å². The van der Waals surface area contributed by atoms with E-state index in [-0.39, 0.29) is 11.6 Å². The molecule has 0 aromatic heterocycles. The average Bonchev–Trinajstić information content (AvgIpc) is 2.97. The molecule has 0 radical (unpaired) electrons. The van der Waals surface area contributed by atoms with Crippen molar-refractivity contribution in [3.05, 3.63) is 99.2 Å². The second-order valence-corrected chi connectivity index (χ2v) is 8.33. The zero-order valence-corrected chi connectivity index (χ0v) is 18.7. The Bertz CT molecular complexity index is 1240. The maximum absolute atomic E-state index is 13.5. The SMILES string of the molecule is Cc1ccc(N2C(=O)C(Nc3ccc(C)c(Cl)c3)=C(c3ccc(C)c(C)c3)C2=O)cc1. The number of nitrogens with one attached hydrogen (secondary N) is 1. The number of nitrogens with zero attached hydrogens (tertiary/aromatic N) is 1. The largest absolute Gasteiger partial charge is 0.350 e. The van der Waals surface area contributed by atoms with Gasteiger partial charge in [0, 0.05) is 10.7 Å². The van der Waals surface area contributed by atoms with E-state index in [1.807, 2.05) is 70.2 Å². The third kappa shape index (κ3) is 3.87. The molecule has 1 N–H and O–H groups in total. The van der Waals surface area contributed by atoms with Crippen LogP contribution in [0.3, 0.4) is 0 Å². The lowest BCUT2D eigenvalue weighted by atomic mass is 9.99. The maximum Gasteiger partial charge on any atom is 0.282 e. The monoisotopic (exact) mass is 430 g/mol. The summed E-state index contributed by atoms with van der Waals surface area (Å²) in [6.07, 6.45) is 0. The first-order chi connectivity index (χ1) is 14.8. The quantitative estimate of drug-likeness (QED) is 0.518. The minimum Gasteiger partial charge on any atom is -0.350 e. The summed E-state index contributed by atoms with van der Waals surface area (Å²) in [6, 6.07) is 18.6. The number of anilines is 2. The highest BCUT2D eigenvalue weighted by molar-refractivity contribution is 6.46. The van der Waals surface area contributed by atoms with E-state index >= 15 is 0 Å². The Kier molecular flexibility index (Phi) is 5.42. The number of halogens is 1. The molecule has 4 rings (SSSR count). The minimum atomic E-state index is -0.390. The molecular weight excluding hydrogens is 408 g/mol. The summed E-state index contributed by atoms with van der Waals surface area (Å²) >= 11 is 6.28. The first kappa shape index (κ1) is 20.9. The van der Waals surface area contributed by atoms with Gasteiger partial charge in [0.1, 0.15) is 5.70 Å². The van der Waals surface area contributed by atoms with E-state index in [9.17, 15) is 9.59 Å². The first-order valence-electron chi connectivity index (χ1n) is 10.1. The smallest absolute Gasteiger partial charge is 0.282 e. The Hall–Kier alpha value is -3.37. The number of carbonyl (C=O) groups excluding carboxylic acids is 2. The highest BCUT2D eigenvalue weighted by Crippen LogP contribution is 2.35. The Labute approximate surface area is 187 Å². The van der Waals surface area contributed by atoms with Crippen molar-refractivity contribution in [2.24, 2.45) is 0 Å². The van der Waals surface area contributed by atoms with E-state index in [0.29, 0.717) is 27.5 Å². The second kappa shape index (κ2) is 8.05. The van der Waals surface area contributed by atoms with E-state index in [2.05, 4.69) is 5.32 Å². The lowest BCUT2D eigenvalue weighted by Gasteiger charge is -2.16. The zero-order valence-electron chi connectivity index (χ0n) is 17.9. The number of amides is 2. The standard InChI is InChI=1S/C26H23ClN2O2/c1-15-5-11-21(12-6-15)29-25(30)23(19-9-7-16(2)18(4)13-19)24(26(29)31)28-20-10-8-17(3)22(27)14-20/h5-14,28H,1-4H3. The van der Waals surface area contributed by atoms with Gasteiger partial charge in [-0.3, -0.25) is 9.59 Å². The highest BCUT2D eigenvalue weighted by atomic mass is 35.5. The van der Waals surface area contributed by atoms with Gasteiger partial charge < -0.3 is 5.32 Å². The fourth-order valence-corrected chi connectivity index (χ4v) is 3.73. The predicted molar refractivity (Wildman–Crippen MR) is 126 cm³/mol. The van der Waals surface area contributed by atoms with E-state index in [1.54, 1.807) is 18.2 Å². The summed E-state index contributed by atoms with van der Waals surface area (Å²) in [7, 11) is 0. The van der Waals surface area contributed by atoms with Crippen LogP contribution < -0.4 is 10.2 Å². The minimum absolute atomic E-state index is 0.244. The van der Waals surface area contributed by atoms with Crippen LogP contribution in [-0.4, -0.2) is 11.8 Å². The fourth-order valence-electron chi connectivity index (χ4n) is 3.55. The third-order valence-corrected chi connectivity index (χ3v) is 6.02. The number of benzene rings is 3. The summed E-state index contributed by atoms with van der Waals surface area (Å²) in [5.74, 6) is -0.739. The van der Waals surface area contributed by atoms with Crippen molar-refractivity contribution >= 4 is 40.4 Å². The predicted octanol–water partition coefficient (Wildman–Crippen LogP) is 5.97. The van der Waals surface area contributed by atoms with Crippen molar-refractivity contribution in [3.8, 4) is 0 Å². The van der Waals surface area contributed by atoms with Crippen LogP contribution in [0.4, 0.5) is 11.4 Å². The Morgan fingerprint density at radius 1 is 0.742 bits per heavy atom. The Morgan fingerprint density at radius 3 is 2.06 bits per heavy atom. The number of carbonyl (C=O) groups is 2. The van der Waals surface area contributed by atoms with Crippen molar-refractivity contribution in [2.45, 2.75) is 27.7 Å². The molecule has 31 heavy (non-hydrogen) atoms. The molecule has 1 aliphatic rings. The molecule has 5 heteroatoms. The van der Waals surface area contributed by atoms with Gasteiger partial charge in [0.05, 0.1) is 11.3 Å². The molecule has 156 valence electrons. The van der Waals surface area contributed by atoms with Gasteiger partial charge in [-0.2, -0.15) is 0 Å². The van der Waals surface area contributed by atoms with Crippen molar-refractivity contribution in [3.63, 3.8) is 0 Å². The molecule has 4 nitrogen and oxygen atoms in total. The number of hydrogen-bond donors (Lipinski definition) is 1. The molecule has 0 aliphatic carbocycles. The van der Waals surface area contributed by atoms with Crippen LogP contribution in [0.25, 0.3) is 5.57 Å². The molecule has 0 saturated heterocycles. The lowest BCUT2D eigenvalue weighted by molar-refractivity contribution is -0.120. The lowest BCUT2D eigenvalue weighted by Crippen LogP contribution is -2.32. The number of hydrogen-bond acceptors (Lipinski definition) is 3. The van der Waals surface area contributed by atoms with Crippen molar-refractivity contribution in [2.75, 3.05) is 10.2 Å². The first-order valence-corrected chi connectivity index (χ1v) is 10.4. The molecule has 1 aliphatic heterocycles. The summed E-state index contributed by atoms with van der Waals surface area (Å²) in [6.45, 7) is 7.88. The van der Waals surface area contributed by atoms with E-state index in [1.165, 1.54) is 4.90 Å². The van der Waals surface area contributed by atoms with Gasteiger partial charge >= 0.3 is 0 Å². The van der Waals surface area contributed by atoms with Crippen LogP contribution in [0.2, 0.25) is 5.02 Å². The molecule has 0 bridgehead atoms. The van der Waals surface area contributed by atoms with Crippen LogP contribution in [0, 0.1) is 27.7 Å². The number of rotatable bonds is 4. The fraction of sp³-hybridized carbons (Fsp3) is 0.154. The molecular formula is C26H23ClN2O2. The molecule has 0 atom stereocenters. The molecule has 1 heterocycles. The summed E-state index contributed by atoms with van der Waals surface area (Å²) in [4.78, 5) is 28.2. The molecule has 3 aromatic carbocycles. The highest BCUT2D eigenvalue weighted by Gasteiger charge is 2.40. The normalized spacial score (nSPS) is 13.9. The molecule has 3 aromatic rings. The Morgan fingerprint density at radius 2 is 1.42 bits per heavy atom. The van der Waals surface area contributed by atoms with Gasteiger partial charge in [-0.1, -0.05) is 53.6 Å². The molecule has 0 fully saturated rings. The zero-order chi connectivity index (χ0) is 22.3. The molecule has 0 spiro atoms. The van der Waals surface area contributed by atoms with Crippen LogP contribution in [-0.2, 0) is 9.59 Å². The van der Waals surface area contributed by atoms with Crippen LogP contribution in [0.1, 0.15) is 27.8 Å². The topological polar surface area (TPSA) is 49.4 Å².